The normalized spacial score (nSPS) is 12.7. The predicted molar refractivity (Wildman–Crippen MR) is 117 cm³/mol. The van der Waals surface area contributed by atoms with Gasteiger partial charge in [-0.1, -0.05) is 47.7 Å². The molecule has 1 aliphatic rings. The second-order valence-corrected chi connectivity index (χ2v) is 7.96. The van der Waals surface area contributed by atoms with Crippen LogP contribution >= 0.6 is 11.3 Å². The van der Waals surface area contributed by atoms with Crippen LogP contribution in [0.15, 0.2) is 54.6 Å². The van der Waals surface area contributed by atoms with Crippen LogP contribution in [-0.2, 0) is 17.6 Å². The summed E-state index contributed by atoms with van der Waals surface area (Å²) in [7, 11) is 0. The van der Waals surface area contributed by atoms with E-state index in [1.165, 1.54) is 35.0 Å². The first-order chi connectivity index (χ1) is 14.1. The molecule has 0 unspecified atom stereocenters. The van der Waals surface area contributed by atoms with Crippen molar-refractivity contribution in [1.29, 1.82) is 0 Å². The molecule has 3 aromatic rings. The topological polar surface area (TPSA) is 71.1 Å². The van der Waals surface area contributed by atoms with Crippen LogP contribution in [0.2, 0.25) is 0 Å². The highest BCUT2D eigenvalue weighted by atomic mass is 32.1. The van der Waals surface area contributed by atoms with Crippen molar-refractivity contribution in [2.45, 2.75) is 26.2 Å². The van der Waals surface area contributed by atoms with Crippen LogP contribution < -0.4 is 10.6 Å². The monoisotopic (exact) mass is 403 g/mol. The number of rotatable bonds is 5. The van der Waals surface area contributed by atoms with E-state index in [4.69, 9.17) is 0 Å². The van der Waals surface area contributed by atoms with Gasteiger partial charge in [0, 0.05) is 11.8 Å². The summed E-state index contributed by atoms with van der Waals surface area (Å²) in [6.45, 7) is 1.77. The number of aryl methyl sites for hydroxylation is 3. The zero-order chi connectivity index (χ0) is 20.2. The van der Waals surface area contributed by atoms with Gasteiger partial charge in [0.15, 0.2) is 5.13 Å². The van der Waals surface area contributed by atoms with Crippen molar-refractivity contribution >= 4 is 40.0 Å². The molecule has 146 valence electrons. The predicted octanol–water partition coefficient (Wildman–Crippen LogP) is 4.84. The highest BCUT2D eigenvalue weighted by molar-refractivity contribution is 7.17. The van der Waals surface area contributed by atoms with Crippen molar-refractivity contribution in [3.05, 3.63) is 81.9 Å². The van der Waals surface area contributed by atoms with Crippen molar-refractivity contribution in [3.8, 4) is 0 Å². The number of amides is 2. The summed E-state index contributed by atoms with van der Waals surface area (Å²) in [5, 5.41) is 6.08. The summed E-state index contributed by atoms with van der Waals surface area (Å²) in [5.74, 6) is -0.494. The molecule has 1 aliphatic carbocycles. The van der Waals surface area contributed by atoms with Gasteiger partial charge >= 0.3 is 0 Å². The molecule has 4 rings (SSSR count). The SMILES string of the molecule is Cc1nc(NC(=O)/C=C/c2ccccc2)sc1C(=O)Nc1ccc2c(c1)CCC2. The van der Waals surface area contributed by atoms with Gasteiger partial charge in [-0.05, 0) is 61.1 Å². The van der Waals surface area contributed by atoms with E-state index in [2.05, 4.69) is 21.7 Å². The van der Waals surface area contributed by atoms with Gasteiger partial charge in [0.25, 0.3) is 5.91 Å². The fraction of sp³-hybridized carbons (Fsp3) is 0.174. The first-order valence-corrected chi connectivity index (χ1v) is 10.3. The van der Waals surface area contributed by atoms with Crippen molar-refractivity contribution in [2.75, 3.05) is 10.6 Å². The molecule has 0 radical (unpaired) electrons. The second kappa shape index (κ2) is 8.41. The van der Waals surface area contributed by atoms with Crippen LogP contribution in [0.4, 0.5) is 10.8 Å². The van der Waals surface area contributed by atoms with Crippen LogP contribution in [0, 0.1) is 6.92 Å². The molecule has 6 heteroatoms. The molecule has 2 aromatic carbocycles. The van der Waals surface area contributed by atoms with Gasteiger partial charge in [-0.25, -0.2) is 4.98 Å². The van der Waals surface area contributed by atoms with E-state index in [1.54, 1.807) is 13.0 Å². The standard InChI is InChI=1S/C23H21N3O2S/c1-15-21(22(28)25-19-12-11-17-8-5-9-18(17)14-19)29-23(24-15)26-20(27)13-10-16-6-3-2-4-7-16/h2-4,6-7,10-14H,5,8-9H2,1H3,(H,25,28)(H,24,26,27)/b13-10+. The molecule has 0 spiro atoms. The summed E-state index contributed by atoms with van der Waals surface area (Å²) in [5.41, 5.74) is 5.00. The van der Waals surface area contributed by atoms with E-state index in [1.807, 2.05) is 42.5 Å². The number of hydrogen-bond acceptors (Lipinski definition) is 4. The zero-order valence-electron chi connectivity index (χ0n) is 16.1. The van der Waals surface area contributed by atoms with Crippen LogP contribution in [0.3, 0.4) is 0 Å². The first-order valence-electron chi connectivity index (χ1n) is 9.53. The van der Waals surface area contributed by atoms with Crippen molar-refractivity contribution in [2.24, 2.45) is 0 Å². The summed E-state index contributed by atoms with van der Waals surface area (Å²) in [6, 6.07) is 15.6. The number of benzene rings is 2. The summed E-state index contributed by atoms with van der Waals surface area (Å²) in [6.07, 6.45) is 6.53. The minimum atomic E-state index is -0.284. The Balaban J connectivity index is 1.41. The van der Waals surface area contributed by atoms with E-state index in [0.717, 1.165) is 24.1 Å². The van der Waals surface area contributed by atoms with E-state index < -0.39 is 0 Å². The van der Waals surface area contributed by atoms with Crippen LogP contribution in [0.5, 0.6) is 0 Å². The zero-order valence-corrected chi connectivity index (χ0v) is 16.9. The average molecular weight is 404 g/mol. The molecule has 0 bridgehead atoms. The smallest absolute Gasteiger partial charge is 0.267 e. The number of carbonyl (C=O) groups excluding carboxylic acids is 2. The maximum absolute atomic E-state index is 12.7. The Morgan fingerprint density at radius 1 is 1.03 bits per heavy atom. The molecule has 2 N–H and O–H groups in total. The maximum Gasteiger partial charge on any atom is 0.267 e. The van der Waals surface area contributed by atoms with Gasteiger partial charge in [0.1, 0.15) is 4.88 Å². The van der Waals surface area contributed by atoms with E-state index >= 15 is 0 Å². The van der Waals surface area contributed by atoms with Gasteiger partial charge in [-0.3, -0.25) is 14.9 Å². The number of anilines is 2. The second-order valence-electron chi connectivity index (χ2n) is 6.96. The van der Waals surface area contributed by atoms with Gasteiger partial charge in [-0.2, -0.15) is 0 Å². The quantitative estimate of drug-likeness (QED) is 0.599. The fourth-order valence-electron chi connectivity index (χ4n) is 3.38. The Kier molecular flexibility index (Phi) is 5.53. The van der Waals surface area contributed by atoms with Crippen LogP contribution in [0.1, 0.15) is 38.5 Å². The number of nitrogens with one attached hydrogen (secondary N) is 2. The molecule has 2 amide bonds. The summed E-state index contributed by atoms with van der Waals surface area (Å²) < 4.78 is 0. The molecule has 29 heavy (non-hydrogen) atoms. The van der Waals surface area contributed by atoms with Gasteiger partial charge in [0.2, 0.25) is 5.91 Å². The van der Waals surface area contributed by atoms with Gasteiger partial charge < -0.3 is 5.32 Å². The molecule has 0 saturated heterocycles. The lowest BCUT2D eigenvalue weighted by molar-refractivity contribution is -0.111. The van der Waals surface area contributed by atoms with E-state index in [-0.39, 0.29) is 11.8 Å². The van der Waals surface area contributed by atoms with Crippen LogP contribution in [0.25, 0.3) is 6.08 Å². The molecular weight excluding hydrogens is 382 g/mol. The van der Waals surface area contributed by atoms with E-state index in [0.29, 0.717) is 15.7 Å². The highest BCUT2D eigenvalue weighted by Crippen LogP contribution is 2.27. The lowest BCUT2D eigenvalue weighted by atomic mass is 10.1. The Labute approximate surface area is 173 Å². The lowest BCUT2D eigenvalue weighted by Crippen LogP contribution is -2.11. The molecule has 0 fully saturated rings. The number of aromatic nitrogens is 1. The third-order valence-corrected chi connectivity index (χ3v) is 5.89. The molecule has 5 nitrogen and oxygen atoms in total. The first kappa shape index (κ1) is 19.1. The molecular formula is C23H21N3O2S. The highest BCUT2D eigenvalue weighted by Gasteiger charge is 2.17. The Bertz CT molecular complexity index is 1090. The Hall–Kier alpha value is -3.25. The third kappa shape index (κ3) is 4.60. The summed E-state index contributed by atoms with van der Waals surface area (Å²) in [4.78, 5) is 29.6. The number of fused-ring (bicyclic) bond motifs is 1. The van der Waals surface area contributed by atoms with Gasteiger partial charge in [-0.15, -0.1) is 0 Å². The van der Waals surface area contributed by atoms with Gasteiger partial charge in [0.05, 0.1) is 5.69 Å². The number of nitrogens with zero attached hydrogens (tertiary/aromatic N) is 1. The molecule has 0 atom stereocenters. The van der Waals surface area contributed by atoms with Crippen molar-refractivity contribution < 1.29 is 9.59 Å². The lowest BCUT2D eigenvalue weighted by Gasteiger charge is -2.06. The largest absolute Gasteiger partial charge is 0.321 e. The molecule has 1 heterocycles. The molecule has 0 aliphatic heterocycles. The Morgan fingerprint density at radius 2 is 1.83 bits per heavy atom. The Morgan fingerprint density at radius 3 is 2.66 bits per heavy atom. The summed E-state index contributed by atoms with van der Waals surface area (Å²) >= 11 is 1.17. The fourth-order valence-corrected chi connectivity index (χ4v) is 4.25. The van der Waals surface area contributed by atoms with Crippen molar-refractivity contribution in [3.63, 3.8) is 0 Å². The average Bonchev–Trinajstić information content (AvgIpc) is 3.33. The molecule has 1 aromatic heterocycles. The van der Waals surface area contributed by atoms with Crippen molar-refractivity contribution in [1.82, 2.24) is 4.98 Å². The maximum atomic E-state index is 12.7. The number of carbonyl (C=O) groups is 2. The molecule has 0 saturated carbocycles. The van der Waals surface area contributed by atoms with E-state index in [9.17, 15) is 9.59 Å². The van der Waals surface area contributed by atoms with Crippen LogP contribution in [-0.4, -0.2) is 16.8 Å². The number of hydrogen-bond donors (Lipinski definition) is 2. The number of thiazole rings is 1. The third-order valence-electron chi connectivity index (χ3n) is 4.82. The minimum absolute atomic E-state index is 0.210. The minimum Gasteiger partial charge on any atom is -0.321 e.